The van der Waals surface area contributed by atoms with Crippen LogP contribution in [0.1, 0.15) is 24.2 Å². The molecule has 0 aromatic carbocycles. The Labute approximate surface area is 116 Å². The Balaban J connectivity index is 1.78. The van der Waals surface area contributed by atoms with Crippen molar-refractivity contribution >= 4 is 5.78 Å². The van der Waals surface area contributed by atoms with Gasteiger partial charge in [0.2, 0.25) is 0 Å². The third kappa shape index (κ3) is 4.18. The number of nitrogens with zero attached hydrogens (tertiary/aromatic N) is 3. The van der Waals surface area contributed by atoms with Crippen molar-refractivity contribution in [3.8, 4) is 0 Å². The van der Waals surface area contributed by atoms with Crippen molar-refractivity contribution in [3.05, 3.63) is 24.0 Å². The Morgan fingerprint density at radius 1 is 1.21 bits per heavy atom. The Morgan fingerprint density at radius 2 is 1.84 bits per heavy atom. The summed E-state index contributed by atoms with van der Waals surface area (Å²) >= 11 is 0. The Kier molecular flexibility index (Phi) is 4.77. The molecule has 0 atom stereocenters. The van der Waals surface area contributed by atoms with Crippen LogP contribution in [-0.2, 0) is 7.05 Å². The summed E-state index contributed by atoms with van der Waals surface area (Å²) in [4.78, 5) is 16.9. The summed E-state index contributed by atoms with van der Waals surface area (Å²) in [5.41, 5.74) is 0.826. The van der Waals surface area contributed by atoms with E-state index in [0.717, 1.165) is 37.7 Å². The maximum atomic E-state index is 12.1. The predicted molar refractivity (Wildman–Crippen MR) is 77.5 cm³/mol. The van der Waals surface area contributed by atoms with Crippen LogP contribution in [0.3, 0.4) is 0 Å². The van der Waals surface area contributed by atoms with Crippen LogP contribution in [0.25, 0.3) is 0 Å². The van der Waals surface area contributed by atoms with Gasteiger partial charge in [-0.2, -0.15) is 0 Å². The molecule has 1 fully saturated rings. The molecule has 2 heterocycles. The fourth-order valence-corrected chi connectivity index (χ4v) is 2.61. The summed E-state index contributed by atoms with van der Waals surface area (Å²) in [7, 11) is 1.95. The second-order valence-corrected chi connectivity index (χ2v) is 5.96. The highest BCUT2D eigenvalue weighted by molar-refractivity contribution is 5.97. The Morgan fingerprint density at radius 3 is 2.37 bits per heavy atom. The monoisotopic (exact) mass is 263 g/mol. The van der Waals surface area contributed by atoms with Crippen LogP contribution in [0.15, 0.2) is 18.5 Å². The Bertz CT molecular complexity index is 417. The number of hydrogen-bond donors (Lipinski definition) is 0. The largest absolute Gasteiger partial charge is 0.357 e. The molecule has 1 saturated heterocycles. The first-order valence-corrected chi connectivity index (χ1v) is 7.14. The molecule has 2 rings (SSSR count). The van der Waals surface area contributed by atoms with Crippen molar-refractivity contribution in [2.24, 2.45) is 13.0 Å². The van der Waals surface area contributed by atoms with E-state index in [9.17, 15) is 4.79 Å². The standard InChI is InChI=1S/C15H25N3O/c1-13(2)10-17-6-8-18(9-7-17)12-15(19)14-4-5-16(3)11-14/h4-5,11,13H,6-10,12H2,1-3H3. The van der Waals surface area contributed by atoms with Crippen molar-refractivity contribution in [2.45, 2.75) is 13.8 Å². The molecule has 0 radical (unpaired) electrons. The highest BCUT2D eigenvalue weighted by atomic mass is 16.1. The molecule has 0 saturated carbocycles. The first kappa shape index (κ1) is 14.3. The van der Waals surface area contributed by atoms with E-state index < -0.39 is 0 Å². The first-order chi connectivity index (χ1) is 9.04. The van der Waals surface area contributed by atoms with Gasteiger partial charge in [-0.25, -0.2) is 0 Å². The molecule has 0 spiro atoms. The van der Waals surface area contributed by atoms with Gasteiger partial charge in [-0.05, 0) is 12.0 Å². The summed E-state index contributed by atoms with van der Waals surface area (Å²) < 4.78 is 1.92. The van der Waals surface area contributed by atoms with Crippen LogP contribution in [0.2, 0.25) is 0 Å². The lowest BCUT2D eigenvalue weighted by Gasteiger charge is -2.35. The van der Waals surface area contributed by atoms with E-state index >= 15 is 0 Å². The summed E-state index contributed by atoms with van der Waals surface area (Å²) in [6.07, 6.45) is 3.82. The van der Waals surface area contributed by atoms with E-state index in [2.05, 4.69) is 23.6 Å². The van der Waals surface area contributed by atoms with Gasteiger partial charge in [0, 0.05) is 57.7 Å². The quantitative estimate of drug-likeness (QED) is 0.753. The average Bonchev–Trinajstić information content (AvgIpc) is 2.78. The number of carbonyl (C=O) groups excluding carboxylic acids is 1. The van der Waals surface area contributed by atoms with E-state index in [1.807, 2.05) is 30.1 Å². The van der Waals surface area contributed by atoms with Gasteiger partial charge in [0.15, 0.2) is 5.78 Å². The van der Waals surface area contributed by atoms with Gasteiger partial charge in [0.05, 0.1) is 6.54 Å². The number of ketones is 1. The third-order valence-corrected chi connectivity index (χ3v) is 3.61. The van der Waals surface area contributed by atoms with E-state index in [1.165, 1.54) is 6.54 Å². The van der Waals surface area contributed by atoms with E-state index in [0.29, 0.717) is 6.54 Å². The zero-order valence-electron chi connectivity index (χ0n) is 12.3. The van der Waals surface area contributed by atoms with Crippen molar-refractivity contribution in [2.75, 3.05) is 39.3 Å². The number of hydrogen-bond acceptors (Lipinski definition) is 3. The van der Waals surface area contributed by atoms with E-state index in [4.69, 9.17) is 0 Å². The van der Waals surface area contributed by atoms with Gasteiger partial charge in [-0.1, -0.05) is 13.8 Å². The van der Waals surface area contributed by atoms with Gasteiger partial charge < -0.3 is 9.47 Å². The van der Waals surface area contributed by atoms with Crippen molar-refractivity contribution in [3.63, 3.8) is 0 Å². The van der Waals surface area contributed by atoms with Crippen LogP contribution < -0.4 is 0 Å². The zero-order chi connectivity index (χ0) is 13.8. The molecule has 4 heteroatoms. The molecule has 0 amide bonds. The van der Waals surface area contributed by atoms with Crippen LogP contribution >= 0.6 is 0 Å². The molecule has 1 aliphatic heterocycles. The highest BCUT2D eigenvalue weighted by Gasteiger charge is 2.20. The van der Waals surface area contributed by atoms with E-state index in [-0.39, 0.29) is 5.78 Å². The number of Topliss-reactive ketones (excluding diaryl/α,β-unsaturated/α-hetero) is 1. The Hall–Kier alpha value is -1.13. The fourth-order valence-electron chi connectivity index (χ4n) is 2.61. The first-order valence-electron chi connectivity index (χ1n) is 7.14. The molecular formula is C15H25N3O. The van der Waals surface area contributed by atoms with Crippen LogP contribution in [0, 0.1) is 5.92 Å². The SMILES string of the molecule is CC(C)CN1CCN(CC(=O)c2ccn(C)c2)CC1. The minimum atomic E-state index is 0.234. The molecule has 4 nitrogen and oxygen atoms in total. The lowest BCUT2D eigenvalue weighted by atomic mass is 10.1. The summed E-state index contributed by atoms with van der Waals surface area (Å²) in [6.45, 7) is 10.4. The molecular weight excluding hydrogens is 238 g/mol. The molecule has 1 aromatic rings. The number of carbonyl (C=O) groups is 1. The lowest BCUT2D eigenvalue weighted by molar-refractivity contribution is 0.0837. The number of aryl methyl sites for hydroxylation is 1. The van der Waals surface area contributed by atoms with Gasteiger partial charge in [-0.15, -0.1) is 0 Å². The molecule has 1 aliphatic rings. The number of piperazine rings is 1. The third-order valence-electron chi connectivity index (χ3n) is 3.61. The number of aromatic nitrogens is 1. The summed E-state index contributed by atoms with van der Waals surface area (Å²) in [6, 6.07) is 1.90. The maximum absolute atomic E-state index is 12.1. The predicted octanol–water partition coefficient (Wildman–Crippen LogP) is 1.48. The zero-order valence-corrected chi connectivity index (χ0v) is 12.3. The van der Waals surface area contributed by atoms with Crippen molar-refractivity contribution in [1.82, 2.24) is 14.4 Å². The second-order valence-electron chi connectivity index (χ2n) is 5.96. The smallest absolute Gasteiger partial charge is 0.178 e. The summed E-state index contributed by atoms with van der Waals surface area (Å²) in [5.74, 6) is 0.954. The molecule has 1 aromatic heterocycles. The molecule has 19 heavy (non-hydrogen) atoms. The minimum Gasteiger partial charge on any atom is -0.357 e. The van der Waals surface area contributed by atoms with Gasteiger partial charge >= 0.3 is 0 Å². The van der Waals surface area contributed by atoms with E-state index in [1.54, 1.807) is 0 Å². The van der Waals surface area contributed by atoms with Crippen molar-refractivity contribution in [1.29, 1.82) is 0 Å². The van der Waals surface area contributed by atoms with Crippen molar-refractivity contribution < 1.29 is 4.79 Å². The van der Waals surface area contributed by atoms with Crippen LogP contribution in [-0.4, -0.2) is 59.4 Å². The molecule has 0 bridgehead atoms. The van der Waals surface area contributed by atoms with Gasteiger partial charge in [-0.3, -0.25) is 9.69 Å². The fraction of sp³-hybridized carbons (Fsp3) is 0.667. The van der Waals surface area contributed by atoms with Gasteiger partial charge in [0.1, 0.15) is 0 Å². The molecule has 0 N–H and O–H groups in total. The van der Waals surface area contributed by atoms with Crippen LogP contribution in [0.5, 0.6) is 0 Å². The highest BCUT2D eigenvalue weighted by Crippen LogP contribution is 2.07. The molecule has 106 valence electrons. The minimum absolute atomic E-state index is 0.234. The normalized spacial score (nSPS) is 18.1. The molecule has 0 aliphatic carbocycles. The summed E-state index contributed by atoms with van der Waals surface area (Å²) in [5, 5.41) is 0. The van der Waals surface area contributed by atoms with Gasteiger partial charge in [0.25, 0.3) is 0 Å². The van der Waals surface area contributed by atoms with Crippen LogP contribution in [0.4, 0.5) is 0 Å². The topological polar surface area (TPSA) is 28.5 Å². The average molecular weight is 263 g/mol. The number of rotatable bonds is 5. The second kappa shape index (κ2) is 6.35. The lowest BCUT2D eigenvalue weighted by Crippen LogP contribution is -2.48. The molecule has 0 unspecified atom stereocenters. The maximum Gasteiger partial charge on any atom is 0.178 e.